The first-order valence-corrected chi connectivity index (χ1v) is 11.4. The molecule has 36 heavy (non-hydrogen) atoms. The van der Waals surface area contributed by atoms with Gasteiger partial charge >= 0.3 is 11.8 Å². The van der Waals surface area contributed by atoms with Crippen LogP contribution in [0.5, 0.6) is 11.5 Å². The third kappa shape index (κ3) is 6.89. The molecule has 10 nitrogen and oxygen atoms in total. The second-order valence-corrected chi connectivity index (χ2v) is 8.59. The Morgan fingerprint density at radius 2 is 1.83 bits per heavy atom. The quantitative estimate of drug-likeness (QED) is 0.180. The van der Waals surface area contributed by atoms with Gasteiger partial charge in [0.15, 0.2) is 0 Å². The minimum Gasteiger partial charge on any atom is -0.496 e. The number of benzene rings is 3. The van der Waals surface area contributed by atoms with Crippen molar-refractivity contribution in [3.63, 3.8) is 0 Å². The van der Waals surface area contributed by atoms with Crippen LogP contribution in [0.4, 0.5) is 11.4 Å². The molecule has 0 heterocycles. The van der Waals surface area contributed by atoms with Gasteiger partial charge in [0.05, 0.1) is 18.2 Å². The predicted octanol–water partition coefficient (Wildman–Crippen LogP) is 4.65. The zero-order chi connectivity index (χ0) is 26.2. The molecule has 0 saturated heterocycles. The highest BCUT2D eigenvalue weighted by atomic mass is 79.9. The Morgan fingerprint density at radius 3 is 2.50 bits per heavy atom. The van der Waals surface area contributed by atoms with E-state index in [1.54, 1.807) is 43.3 Å². The number of amides is 2. The Labute approximate surface area is 215 Å². The molecule has 3 rings (SSSR count). The molecule has 3 aromatic carbocycles. The second kappa shape index (κ2) is 11.9. The summed E-state index contributed by atoms with van der Waals surface area (Å²) >= 11 is 3.34. The van der Waals surface area contributed by atoms with Crippen LogP contribution in [-0.2, 0) is 16.2 Å². The van der Waals surface area contributed by atoms with Crippen molar-refractivity contribution in [1.82, 2.24) is 5.43 Å². The SMILES string of the molecule is COc1ccc(C=NNC(=O)C(=O)Nc2ccc(Br)cc2C)cc1COc1ccc([N+](=O)[O-])c(C)c1. The number of hydrogen-bond acceptors (Lipinski definition) is 7. The number of ether oxygens (including phenoxy) is 2. The average Bonchev–Trinajstić information content (AvgIpc) is 2.84. The summed E-state index contributed by atoms with van der Waals surface area (Å²) in [5.74, 6) is -0.725. The van der Waals surface area contributed by atoms with E-state index < -0.39 is 16.7 Å². The van der Waals surface area contributed by atoms with E-state index in [0.29, 0.717) is 33.9 Å². The fourth-order valence-electron chi connectivity index (χ4n) is 3.24. The third-order valence-corrected chi connectivity index (χ3v) is 5.58. The van der Waals surface area contributed by atoms with Crippen LogP contribution in [0, 0.1) is 24.0 Å². The lowest BCUT2D eigenvalue weighted by Gasteiger charge is -2.11. The molecule has 2 amide bonds. The van der Waals surface area contributed by atoms with Crippen LogP contribution in [-0.4, -0.2) is 30.1 Å². The first-order valence-electron chi connectivity index (χ1n) is 10.6. The van der Waals surface area contributed by atoms with E-state index in [-0.39, 0.29) is 12.3 Å². The van der Waals surface area contributed by atoms with Crippen molar-refractivity contribution in [2.75, 3.05) is 12.4 Å². The first-order chi connectivity index (χ1) is 17.2. The number of hydrogen-bond donors (Lipinski definition) is 2. The fourth-order valence-corrected chi connectivity index (χ4v) is 3.71. The van der Waals surface area contributed by atoms with Gasteiger partial charge in [-0.3, -0.25) is 19.7 Å². The number of nitrogens with zero attached hydrogens (tertiary/aromatic N) is 2. The number of carbonyl (C=O) groups is 2. The number of anilines is 1. The lowest BCUT2D eigenvalue weighted by Crippen LogP contribution is -2.32. The molecule has 0 saturated carbocycles. The van der Waals surface area contributed by atoms with Crippen LogP contribution in [0.25, 0.3) is 0 Å². The van der Waals surface area contributed by atoms with Crippen LogP contribution in [0.1, 0.15) is 22.3 Å². The molecule has 0 aromatic heterocycles. The topological polar surface area (TPSA) is 132 Å². The summed E-state index contributed by atoms with van der Waals surface area (Å²) in [5.41, 5.74) is 5.33. The Hall–Kier alpha value is -4.25. The van der Waals surface area contributed by atoms with E-state index in [1.807, 2.05) is 13.0 Å². The van der Waals surface area contributed by atoms with Gasteiger partial charge in [-0.2, -0.15) is 5.10 Å². The number of nitro benzene ring substituents is 1. The maximum absolute atomic E-state index is 12.2. The minimum atomic E-state index is -0.917. The summed E-state index contributed by atoms with van der Waals surface area (Å²) in [4.78, 5) is 34.8. The average molecular weight is 555 g/mol. The molecule has 0 aliphatic carbocycles. The molecule has 0 unspecified atom stereocenters. The molecule has 186 valence electrons. The number of nitro groups is 1. The molecular weight excluding hydrogens is 532 g/mol. The number of nitrogens with one attached hydrogen (secondary N) is 2. The number of aryl methyl sites for hydroxylation is 2. The van der Waals surface area contributed by atoms with Gasteiger partial charge in [-0.05, 0) is 73.5 Å². The zero-order valence-corrected chi connectivity index (χ0v) is 21.3. The lowest BCUT2D eigenvalue weighted by atomic mass is 10.1. The van der Waals surface area contributed by atoms with Crippen LogP contribution in [0.3, 0.4) is 0 Å². The molecule has 0 atom stereocenters. The summed E-state index contributed by atoms with van der Waals surface area (Å²) in [5, 5.41) is 17.4. The van der Waals surface area contributed by atoms with Crippen LogP contribution >= 0.6 is 15.9 Å². The molecule has 3 aromatic rings. The largest absolute Gasteiger partial charge is 0.496 e. The smallest absolute Gasteiger partial charge is 0.329 e. The van der Waals surface area contributed by atoms with Crippen molar-refractivity contribution in [3.05, 3.63) is 91.4 Å². The number of rotatable bonds is 8. The number of halogens is 1. The number of carbonyl (C=O) groups excluding carboxylic acids is 2. The van der Waals surface area contributed by atoms with Gasteiger partial charge in [0.25, 0.3) is 5.69 Å². The minimum absolute atomic E-state index is 0.0147. The molecule has 0 bridgehead atoms. The van der Waals surface area contributed by atoms with Crippen molar-refractivity contribution in [2.45, 2.75) is 20.5 Å². The Morgan fingerprint density at radius 1 is 1.06 bits per heavy atom. The van der Waals surface area contributed by atoms with Gasteiger partial charge in [-0.25, -0.2) is 5.43 Å². The third-order valence-electron chi connectivity index (χ3n) is 5.09. The molecule has 0 aliphatic rings. The van der Waals surface area contributed by atoms with Gasteiger partial charge in [-0.15, -0.1) is 0 Å². The lowest BCUT2D eigenvalue weighted by molar-refractivity contribution is -0.385. The van der Waals surface area contributed by atoms with Crippen molar-refractivity contribution in [1.29, 1.82) is 0 Å². The van der Waals surface area contributed by atoms with Crippen molar-refractivity contribution in [3.8, 4) is 11.5 Å². The monoisotopic (exact) mass is 554 g/mol. The fraction of sp³-hybridized carbons (Fsp3) is 0.160. The maximum atomic E-state index is 12.2. The summed E-state index contributed by atoms with van der Waals surface area (Å²) < 4.78 is 12.0. The molecule has 11 heteroatoms. The van der Waals surface area contributed by atoms with Crippen LogP contribution < -0.4 is 20.2 Å². The van der Waals surface area contributed by atoms with Gasteiger partial charge in [0, 0.05) is 27.4 Å². The summed E-state index contributed by atoms with van der Waals surface area (Å²) in [6, 6.07) is 15.0. The highest BCUT2D eigenvalue weighted by Gasteiger charge is 2.14. The molecular formula is C25H23BrN4O6. The summed E-state index contributed by atoms with van der Waals surface area (Å²) in [6.07, 6.45) is 1.38. The standard InChI is InChI=1S/C25H23BrN4O6/c1-15-10-19(26)5-7-21(15)28-24(31)25(32)29-27-13-17-4-9-23(35-3)18(12-17)14-36-20-6-8-22(30(33)34)16(2)11-20/h4-13H,14H2,1-3H3,(H,28,31)(H,29,32). The van der Waals surface area contributed by atoms with Crippen molar-refractivity contribution in [2.24, 2.45) is 5.10 Å². The molecule has 2 N–H and O–H groups in total. The van der Waals surface area contributed by atoms with Crippen molar-refractivity contribution < 1.29 is 24.0 Å². The normalized spacial score (nSPS) is 10.7. The first kappa shape index (κ1) is 26.4. The molecule has 0 spiro atoms. The van der Waals surface area contributed by atoms with Gasteiger partial charge < -0.3 is 14.8 Å². The van der Waals surface area contributed by atoms with Crippen molar-refractivity contribution >= 4 is 45.3 Å². The van der Waals surface area contributed by atoms with E-state index in [4.69, 9.17) is 9.47 Å². The highest BCUT2D eigenvalue weighted by Crippen LogP contribution is 2.26. The maximum Gasteiger partial charge on any atom is 0.329 e. The molecule has 0 aliphatic heterocycles. The molecule has 0 radical (unpaired) electrons. The zero-order valence-electron chi connectivity index (χ0n) is 19.7. The van der Waals surface area contributed by atoms with E-state index in [1.165, 1.54) is 25.5 Å². The second-order valence-electron chi connectivity index (χ2n) is 7.68. The Bertz CT molecular complexity index is 1340. The van der Waals surface area contributed by atoms with E-state index in [0.717, 1.165) is 10.0 Å². The van der Waals surface area contributed by atoms with E-state index in [9.17, 15) is 19.7 Å². The number of hydrazone groups is 1. The van der Waals surface area contributed by atoms with Gasteiger partial charge in [0.2, 0.25) is 0 Å². The van der Waals surface area contributed by atoms with E-state index in [2.05, 4.69) is 31.8 Å². The summed E-state index contributed by atoms with van der Waals surface area (Å²) in [7, 11) is 1.52. The highest BCUT2D eigenvalue weighted by molar-refractivity contribution is 9.10. The van der Waals surface area contributed by atoms with Gasteiger partial charge in [0.1, 0.15) is 18.1 Å². The van der Waals surface area contributed by atoms with Gasteiger partial charge in [-0.1, -0.05) is 15.9 Å². The van der Waals surface area contributed by atoms with Crippen LogP contribution in [0.15, 0.2) is 64.2 Å². The van der Waals surface area contributed by atoms with Crippen LogP contribution in [0.2, 0.25) is 0 Å². The Kier molecular flexibility index (Phi) is 8.74. The molecule has 0 fully saturated rings. The van der Waals surface area contributed by atoms with E-state index >= 15 is 0 Å². The predicted molar refractivity (Wildman–Crippen MR) is 138 cm³/mol. The number of methoxy groups -OCH3 is 1. The summed E-state index contributed by atoms with van der Waals surface area (Å²) in [6.45, 7) is 3.57. The Balaban J connectivity index is 1.62.